The number of nitrogens with two attached hydrogens (primary N) is 1. The van der Waals surface area contributed by atoms with Crippen LogP contribution in [0.1, 0.15) is 48.1 Å². The quantitative estimate of drug-likeness (QED) is 0.852. The molecule has 1 aromatic rings. The highest BCUT2D eigenvalue weighted by Crippen LogP contribution is 2.42. The Balaban J connectivity index is 2.21. The Morgan fingerprint density at radius 1 is 1.10 bits per heavy atom. The molecule has 0 fully saturated rings. The van der Waals surface area contributed by atoms with Crippen LogP contribution in [0.25, 0.3) is 11.1 Å². The Labute approximate surface area is 121 Å². The van der Waals surface area contributed by atoms with Crippen molar-refractivity contribution in [3.63, 3.8) is 0 Å². The lowest BCUT2D eigenvalue weighted by molar-refractivity contribution is 1.02. The fraction of sp³-hybridized carbons (Fsp3) is 0.368. The molecule has 1 aromatic carbocycles. The maximum absolute atomic E-state index is 5.79. The number of benzene rings is 1. The van der Waals surface area contributed by atoms with Gasteiger partial charge in [-0.3, -0.25) is 0 Å². The van der Waals surface area contributed by atoms with Crippen molar-refractivity contribution in [2.24, 2.45) is 5.73 Å². The number of hydrogen-bond donors (Lipinski definition) is 1. The number of hydrogen-bond acceptors (Lipinski definition) is 1. The minimum absolute atomic E-state index is 0.730. The number of allylic oxidation sites excluding steroid dienone is 4. The van der Waals surface area contributed by atoms with Crippen LogP contribution >= 0.6 is 0 Å². The zero-order chi connectivity index (χ0) is 14.4. The molecule has 0 atom stereocenters. The second-order valence-corrected chi connectivity index (χ2v) is 6.19. The van der Waals surface area contributed by atoms with Gasteiger partial charge in [-0.05, 0) is 91.6 Å². The van der Waals surface area contributed by atoms with E-state index in [0.717, 1.165) is 25.8 Å². The molecule has 0 saturated carbocycles. The Hall–Kier alpha value is -1.60. The van der Waals surface area contributed by atoms with E-state index in [1.807, 2.05) is 0 Å². The Kier molecular flexibility index (Phi) is 3.18. The summed E-state index contributed by atoms with van der Waals surface area (Å²) in [4.78, 5) is 0. The zero-order valence-corrected chi connectivity index (χ0v) is 12.8. The van der Waals surface area contributed by atoms with Gasteiger partial charge in [0, 0.05) is 0 Å². The van der Waals surface area contributed by atoms with E-state index in [4.69, 9.17) is 5.73 Å². The van der Waals surface area contributed by atoms with Crippen molar-refractivity contribution in [2.75, 3.05) is 6.54 Å². The largest absolute Gasteiger partial charge is 0.330 e. The van der Waals surface area contributed by atoms with Gasteiger partial charge in [0.25, 0.3) is 0 Å². The van der Waals surface area contributed by atoms with Gasteiger partial charge >= 0.3 is 0 Å². The van der Waals surface area contributed by atoms with Crippen molar-refractivity contribution < 1.29 is 0 Å². The van der Waals surface area contributed by atoms with Crippen LogP contribution in [-0.4, -0.2) is 6.54 Å². The van der Waals surface area contributed by atoms with Gasteiger partial charge in [-0.2, -0.15) is 0 Å². The van der Waals surface area contributed by atoms with Crippen LogP contribution in [0.4, 0.5) is 0 Å². The van der Waals surface area contributed by atoms with Crippen LogP contribution in [-0.2, 0) is 12.8 Å². The molecule has 1 heteroatoms. The predicted molar refractivity (Wildman–Crippen MR) is 87.6 cm³/mol. The normalized spacial score (nSPS) is 17.2. The van der Waals surface area contributed by atoms with Crippen LogP contribution in [0, 0.1) is 6.92 Å². The second-order valence-electron chi connectivity index (χ2n) is 6.19. The first-order chi connectivity index (χ1) is 9.52. The SMILES string of the molecule is C=C1C=C(C)c2cc3c(c(C)c2C1)CC(C)=C3CCN. The minimum atomic E-state index is 0.730. The molecular weight excluding hydrogens is 242 g/mol. The highest BCUT2D eigenvalue weighted by atomic mass is 14.5. The van der Waals surface area contributed by atoms with Crippen molar-refractivity contribution in [1.82, 2.24) is 0 Å². The minimum Gasteiger partial charge on any atom is -0.330 e. The molecule has 20 heavy (non-hydrogen) atoms. The van der Waals surface area contributed by atoms with Gasteiger partial charge in [0.15, 0.2) is 0 Å². The van der Waals surface area contributed by atoms with Gasteiger partial charge < -0.3 is 5.73 Å². The monoisotopic (exact) mass is 265 g/mol. The average molecular weight is 265 g/mol. The molecule has 0 aromatic heterocycles. The molecule has 0 aliphatic heterocycles. The Bertz CT molecular complexity index is 671. The fourth-order valence-electron chi connectivity index (χ4n) is 3.74. The molecule has 0 amide bonds. The Morgan fingerprint density at radius 2 is 1.80 bits per heavy atom. The second kappa shape index (κ2) is 4.75. The van der Waals surface area contributed by atoms with E-state index < -0.39 is 0 Å². The molecule has 2 aliphatic carbocycles. The first-order valence-electron chi connectivity index (χ1n) is 7.43. The number of rotatable bonds is 2. The molecule has 2 N–H and O–H groups in total. The summed E-state index contributed by atoms with van der Waals surface area (Å²) >= 11 is 0. The van der Waals surface area contributed by atoms with Crippen LogP contribution in [0.5, 0.6) is 0 Å². The van der Waals surface area contributed by atoms with Crippen molar-refractivity contribution in [2.45, 2.75) is 40.0 Å². The summed E-state index contributed by atoms with van der Waals surface area (Å²) in [7, 11) is 0. The lowest BCUT2D eigenvalue weighted by atomic mass is 9.82. The van der Waals surface area contributed by atoms with E-state index >= 15 is 0 Å². The van der Waals surface area contributed by atoms with E-state index in [0.29, 0.717) is 0 Å². The van der Waals surface area contributed by atoms with Gasteiger partial charge in [0.05, 0.1) is 0 Å². The highest BCUT2D eigenvalue weighted by molar-refractivity contribution is 5.83. The highest BCUT2D eigenvalue weighted by Gasteiger charge is 2.25. The van der Waals surface area contributed by atoms with E-state index in [2.05, 4.69) is 39.5 Å². The van der Waals surface area contributed by atoms with Crippen molar-refractivity contribution in [3.8, 4) is 0 Å². The molecule has 0 bridgehead atoms. The molecule has 3 rings (SSSR count). The smallest absolute Gasteiger partial charge is 0.00228 e. The van der Waals surface area contributed by atoms with Gasteiger partial charge in [-0.25, -0.2) is 0 Å². The molecule has 0 spiro atoms. The average Bonchev–Trinajstić information content (AvgIpc) is 2.70. The summed E-state index contributed by atoms with van der Waals surface area (Å²) in [5.74, 6) is 0. The third-order valence-electron chi connectivity index (χ3n) is 4.77. The van der Waals surface area contributed by atoms with Crippen LogP contribution in [0.2, 0.25) is 0 Å². The molecular formula is C19H23N. The summed E-state index contributed by atoms with van der Waals surface area (Å²) in [5, 5.41) is 0. The van der Waals surface area contributed by atoms with Crippen LogP contribution < -0.4 is 5.73 Å². The van der Waals surface area contributed by atoms with Gasteiger partial charge in [-0.1, -0.05) is 23.8 Å². The molecule has 0 radical (unpaired) electrons. The zero-order valence-electron chi connectivity index (χ0n) is 12.8. The molecule has 1 nitrogen and oxygen atoms in total. The van der Waals surface area contributed by atoms with Crippen LogP contribution in [0.3, 0.4) is 0 Å². The van der Waals surface area contributed by atoms with Crippen molar-refractivity contribution >= 4 is 11.1 Å². The standard InChI is InChI=1S/C19H23N/c1-11-7-12(2)16-10-19-15(5-6-20)13(3)9-18(19)14(4)17(16)8-11/h7,10H,1,5-6,8-9,20H2,2-4H3. The summed E-state index contributed by atoms with van der Waals surface area (Å²) in [6.45, 7) is 11.6. The summed E-state index contributed by atoms with van der Waals surface area (Å²) in [6.07, 6.45) is 5.31. The molecule has 104 valence electrons. The van der Waals surface area contributed by atoms with Crippen LogP contribution in [0.15, 0.2) is 29.9 Å². The maximum Gasteiger partial charge on any atom is -0.00228 e. The lowest BCUT2D eigenvalue weighted by Crippen LogP contribution is -2.07. The maximum atomic E-state index is 5.79. The predicted octanol–water partition coefficient (Wildman–Crippen LogP) is 4.19. The third kappa shape index (κ3) is 1.89. The fourth-order valence-corrected chi connectivity index (χ4v) is 3.74. The van der Waals surface area contributed by atoms with Gasteiger partial charge in [0.1, 0.15) is 0 Å². The molecule has 0 heterocycles. The van der Waals surface area contributed by atoms with E-state index in [-0.39, 0.29) is 0 Å². The topological polar surface area (TPSA) is 26.0 Å². The van der Waals surface area contributed by atoms with E-state index in [1.165, 1.54) is 50.1 Å². The van der Waals surface area contributed by atoms with Gasteiger partial charge in [-0.15, -0.1) is 0 Å². The van der Waals surface area contributed by atoms with E-state index in [9.17, 15) is 0 Å². The van der Waals surface area contributed by atoms with E-state index in [1.54, 1.807) is 0 Å². The Morgan fingerprint density at radius 3 is 2.50 bits per heavy atom. The van der Waals surface area contributed by atoms with Crippen molar-refractivity contribution in [1.29, 1.82) is 0 Å². The molecule has 2 aliphatic rings. The van der Waals surface area contributed by atoms with Crippen molar-refractivity contribution in [3.05, 3.63) is 57.7 Å². The van der Waals surface area contributed by atoms with Gasteiger partial charge in [0.2, 0.25) is 0 Å². The first-order valence-corrected chi connectivity index (χ1v) is 7.43. The third-order valence-corrected chi connectivity index (χ3v) is 4.77. The molecule has 0 saturated heterocycles. The summed E-state index contributed by atoms with van der Waals surface area (Å²) in [5.41, 5.74) is 18.7. The molecule has 0 unspecified atom stereocenters. The lowest BCUT2D eigenvalue weighted by Gasteiger charge is -2.22. The first kappa shape index (κ1) is 13.4. The summed E-state index contributed by atoms with van der Waals surface area (Å²) in [6, 6.07) is 2.40. The summed E-state index contributed by atoms with van der Waals surface area (Å²) < 4.78 is 0. The number of fused-ring (bicyclic) bond motifs is 2.